The van der Waals surface area contributed by atoms with Gasteiger partial charge in [-0.2, -0.15) is 0 Å². The largest absolute Gasteiger partial charge is 0.497 e. The van der Waals surface area contributed by atoms with Gasteiger partial charge in [0.25, 0.3) is 0 Å². The van der Waals surface area contributed by atoms with Crippen LogP contribution < -0.4 is 10.1 Å². The maximum atomic E-state index is 12.0. The fraction of sp³-hybridized carbons (Fsp3) is 0.286. The first-order valence-electron chi connectivity index (χ1n) is 9.37. The van der Waals surface area contributed by atoms with Gasteiger partial charge in [0.1, 0.15) is 5.75 Å². The molecular formula is C21H23ClN4O3S. The van der Waals surface area contributed by atoms with Crippen molar-refractivity contribution in [2.24, 2.45) is 0 Å². The number of benzene rings is 2. The minimum Gasteiger partial charge on any atom is -0.497 e. The number of halogens is 1. The van der Waals surface area contributed by atoms with E-state index in [1.165, 1.54) is 11.8 Å². The molecule has 0 amide bonds. The molecule has 9 heteroatoms. The lowest BCUT2D eigenvalue weighted by molar-refractivity contribution is -0.144. The Morgan fingerprint density at radius 3 is 2.57 bits per heavy atom. The number of ether oxygens (including phenoxy) is 2. The Labute approximate surface area is 184 Å². The Morgan fingerprint density at radius 2 is 1.90 bits per heavy atom. The topological polar surface area (TPSA) is 78.3 Å². The number of aromatic nitrogens is 3. The fourth-order valence-electron chi connectivity index (χ4n) is 2.70. The van der Waals surface area contributed by atoms with Crippen LogP contribution in [-0.2, 0) is 16.1 Å². The number of nitrogens with one attached hydrogen (secondary N) is 1. The molecular weight excluding hydrogens is 424 g/mol. The van der Waals surface area contributed by atoms with Gasteiger partial charge in [0.05, 0.1) is 36.2 Å². The van der Waals surface area contributed by atoms with E-state index in [4.69, 9.17) is 21.1 Å². The van der Waals surface area contributed by atoms with E-state index in [2.05, 4.69) is 15.5 Å². The minimum atomic E-state index is -0.296. The molecule has 0 aliphatic heterocycles. The van der Waals surface area contributed by atoms with Gasteiger partial charge in [-0.05, 0) is 50.2 Å². The molecule has 2 aromatic carbocycles. The molecule has 1 N–H and O–H groups in total. The van der Waals surface area contributed by atoms with Crippen LogP contribution in [0.2, 0.25) is 5.02 Å². The summed E-state index contributed by atoms with van der Waals surface area (Å²) < 4.78 is 12.4. The van der Waals surface area contributed by atoms with Gasteiger partial charge in [-0.25, -0.2) is 0 Å². The summed E-state index contributed by atoms with van der Waals surface area (Å²) in [6.07, 6.45) is -0.159. The zero-order valence-electron chi connectivity index (χ0n) is 17.0. The van der Waals surface area contributed by atoms with E-state index < -0.39 is 0 Å². The lowest BCUT2D eigenvalue weighted by Crippen LogP contribution is -2.14. The molecule has 0 saturated heterocycles. The molecule has 158 valence electrons. The highest BCUT2D eigenvalue weighted by Crippen LogP contribution is 2.26. The van der Waals surface area contributed by atoms with Crippen LogP contribution in [0.4, 0.5) is 5.69 Å². The van der Waals surface area contributed by atoms with Gasteiger partial charge < -0.3 is 14.8 Å². The number of methoxy groups -OCH3 is 1. The van der Waals surface area contributed by atoms with Crippen molar-refractivity contribution >= 4 is 35.0 Å². The molecule has 3 aromatic rings. The summed E-state index contributed by atoms with van der Waals surface area (Å²) in [7, 11) is 1.62. The van der Waals surface area contributed by atoms with Gasteiger partial charge in [-0.1, -0.05) is 35.5 Å². The van der Waals surface area contributed by atoms with Crippen LogP contribution in [0.15, 0.2) is 53.7 Å². The highest BCUT2D eigenvalue weighted by atomic mass is 35.5. The van der Waals surface area contributed by atoms with E-state index in [0.717, 1.165) is 17.1 Å². The van der Waals surface area contributed by atoms with Crippen LogP contribution in [-0.4, -0.2) is 39.7 Å². The number of hydrogen-bond donors (Lipinski definition) is 1. The Balaban J connectivity index is 1.85. The van der Waals surface area contributed by atoms with E-state index in [9.17, 15) is 4.79 Å². The number of esters is 1. The standard InChI is InChI=1S/C21H23ClN4O3S/c1-14(2)29-20(27)13-30-21-25-24-19(12-23-18-7-5-4-6-17(18)22)26(21)15-8-10-16(28-3)11-9-15/h4-11,14,23H,12-13H2,1-3H3. The second-order valence-electron chi connectivity index (χ2n) is 6.59. The maximum absolute atomic E-state index is 12.0. The average Bonchev–Trinajstić information content (AvgIpc) is 3.14. The summed E-state index contributed by atoms with van der Waals surface area (Å²) in [5.74, 6) is 1.27. The number of thioether (sulfide) groups is 1. The maximum Gasteiger partial charge on any atom is 0.316 e. The molecule has 0 radical (unpaired) electrons. The Bertz CT molecular complexity index is 992. The molecule has 30 heavy (non-hydrogen) atoms. The SMILES string of the molecule is COc1ccc(-n2c(CNc3ccccc3Cl)nnc2SCC(=O)OC(C)C)cc1. The normalized spacial score (nSPS) is 10.8. The van der Waals surface area contributed by atoms with E-state index in [1.54, 1.807) is 7.11 Å². The molecule has 0 bridgehead atoms. The highest BCUT2D eigenvalue weighted by molar-refractivity contribution is 7.99. The van der Waals surface area contributed by atoms with Crippen molar-refractivity contribution in [1.82, 2.24) is 14.8 Å². The third-order valence-corrected chi connectivity index (χ3v) is 5.26. The number of nitrogens with zero attached hydrogens (tertiary/aromatic N) is 3. The van der Waals surface area contributed by atoms with Crippen LogP contribution in [0.25, 0.3) is 5.69 Å². The predicted octanol–water partition coefficient (Wildman–Crippen LogP) is 4.59. The number of rotatable bonds is 9. The molecule has 0 aliphatic carbocycles. The van der Waals surface area contributed by atoms with Crippen molar-refractivity contribution < 1.29 is 14.3 Å². The predicted molar refractivity (Wildman–Crippen MR) is 119 cm³/mol. The van der Waals surface area contributed by atoms with Crippen LogP contribution in [0, 0.1) is 0 Å². The summed E-state index contributed by atoms with van der Waals surface area (Å²) in [6, 6.07) is 15.1. The smallest absolute Gasteiger partial charge is 0.316 e. The number of hydrogen-bond acceptors (Lipinski definition) is 7. The van der Waals surface area contributed by atoms with E-state index >= 15 is 0 Å². The van der Waals surface area contributed by atoms with E-state index in [-0.39, 0.29) is 17.8 Å². The first-order chi connectivity index (χ1) is 14.5. The second kappa shape index (κ2) is 10.4. The van der Waals surface area contributed by atoms with Gasteiger partial charge >= 0.3 is 5.97 Å². The number of para-hydroxylation sites is 1. The minimum absolute atomic E-state index is 0.143. The Hall–Kier alpha value is -2.71. The zero-order chi connectivity index (χ0) is 21.5. The van der Waals surface area contributed by atoms with Crippen molar-refractivity contribution in [3.8, 4) is 11.4 Å². The summed E-state index contributed by atoms with van der Waals surface area (Å²) in [6.45, 7) is 4.04. The zero-order valence-corrected chi connectivity index (χ0v) is 18.5. The molecule has 0 atom stereocenters. The third-order valence-electron chi connectivity index (χ3n) is 4.03. The molecule has 3 rings (SSSR count). The van der Waals surface area contributed by atoms with Crippen molar-refractivity contribution in [1.29, 1.82) is 0 Å². The van der Waals surface area contributed by atoms with Crippen molar-refractivity contribution in [3.05, 3.63) is 59.4 Å². The van der Waals surface area contributed by atoms with Crippen molar-refractivity contribution in [3.63, 3.8) is 0 Å². The van der Waals surface area contributed by atoms with E-state index in [0.29, 0.717) is 22.5 Å². The molecule has 0 aliphatic rings. The van der Waals surface area contributed by atoms with Crippen molar-refractivity contribution in [2.45, 2.75) is 31.7 Å². The first-order valence-corrected chi connectivity index (χ1v) is 10.7. The van der Waals surface area contributed by atoms with Gasteiger partial charge in [-0.3, -0.25) is 9.36 Å². The van der Waals surface area contributed by atoms with Gasteiger partial charge in [0.2, 0.25) is 0 Å². The molecule has 0 fully saturated rings. The monoisotopic (exact) mass is 446 g/mol. The van der Waals surface area contributed by atoms with Crippen LogP contribution >= 0.6 is 23.4 Å². The highest BCUT2D eigenvalue weighted by Gasteiger charge is 2.17. The van der Waals surface area contributed by atoms with Gasteiger partial charge in [0.15, 0.2) is 11.0 Å². The molecule has 0 saturated carbocycles. The first kappa shape index (κ1) is 22.0. The van der Waals surface area contributed by atoms with Gasteiger partial charge in [0, 0.05) is 5.69 Å². The molecule has 1 heterocycles. The second-order valence-corrected chi connectivity index (χ2v) is 7.94. The number of carbonyl (C=O) groups excluding carboxylic acids is 1. The summed E-state index contributed by atoms with van der Waals surface area (Å²) in [5, 5.41) is 13.1. The van der Waals surface area contributed by atoms with Crippen LogP contribution in [0.3, 0.4) is 0 Å². The summed E-state index contributed by atoms with van der Waals surface area (Å²) >= 11 is 7.51. The average molecular weight is 447 g/mol. The van der Waals surface area contributed by atoms with Crippen LogP contribution in [0.1, 0.15) is 19.7 Å². The third kappa shape index (κ3) is 5.67. The Kier molecular flexibility index (Phi) is 7.59. The lowest BCUT2D eigenvalue weighted by Gasteiger charge is -2.13. The van der Waals surface area contributed by atoms with Crippen LogP contribution in [0.5, 0.6) is 5.75 Å². The molecule has 1 aromatic heterocycles. The molecule has 0 spiro atoms. The lowest BCUT2D eigenvalue weighted by atomic mass is 10.3. The fourth-order valence-corrected chi connectivity index (χ4v) is 3.65. The summed E-state index contributed by atoms with van der Waals surface area (Å²) in [4.78, 5) is 12.0. The molecule has 0 unspecified atom stereocenters. The Morgan fingerprint density at radius 1 is 1.17 bits per heavy atom. The number of anilines is 1. The van der Waals surface area contributed by atoms with E-state index in [1.807, 2.05) is 66.9 Å². The summed E-state index contributed by atoms with van der Waals surface area (Å²) in [5.41, 5.74) is 1.66. The quantitative estimate of drug-likeness (QED) is 0.380. The van der Waals surface area contributed by atoms with Crippen molar-refractivity contribution in [2.75, 3.05) is 18.2 Å². The molecule has 7 nitrogen and oxygen atoms in total. The van der Waals surface area contributed by atoms with Gasteiger partial charge in [-0.15, -0.1) is 10.2 Å². The number of carbonyl (C=O) groups is 1.